The standard InChI is InChI=1S/C15H19N3O2S/c1-17(21(19,20)18-9-2-3-10-18)12-13-6-7-15-14(11-13)5-4-8-16-15/h4-8,11H,2-3,9-10,12H2,1H3. The number of hydrogen-bond donors (Lipinski definition) is 0. The average molecular weight is 305 g/mol. The van der Waals surface area contributed by atoms with Gasteiger partial charge in [0.15, 0.2) is 0 Å². The molecule has 21 heavy (non-hydrogen) atoms. The SMILES string of the molecule is CN(Cc1ccc2ncccc2c1)S(=O)(=O)N1CCCC1. The molecule has 0 unspecified atom stereocenters. The largest absolute Gasteiger partial charge is 0.282 e. The predicted octanol–water partition coefficient (Wildman–Crippen LogP) is 2.01. The molecule has 1 aliphatic heterocycles. The minimum Gasteiger partial charge on any atom is -0.256 e. The summed E-state index contributed by atoms with van der Waals surface area (Å²) in [7, 11) is -1.70. The van der Waals surface area contributed by atoms with E-state index in [9.17, 15) is 8.42 Å². The van der Waals surface area contributed by atoms with Crippen molar-refractivity contribution in [2.75, 3.05) is 20.1 Å². The number of hydrogen-bond acceptors (Lipinski definition) is 3. The van der Waals surface area contributed by atoms with E-state index in [0.717, 1.165) is 29.3 Å². The lowest BCUT2D eigenvalue weighted by Crippen LogP contribution is -2.39. The van der Waals surface area contributed by atoms with Gasteiger partial charge in [0.2, 0.25) is 0 Å². The Labute approximate surface area is 125 Å². The zero-order valence-corrected chi connectivity index (χ0v) is 12.9. The smallest absolute Gasteiger partial charge is 0.256 e. The number of benzene rings is 1. The molecule has 0 bridgehead atoms. The monoisotopic (exact) mass is 305 g/mol. The van der Waals surface area contributed by atoms with E-state index in [1.165, 1.54) is 4.31 Å². The van der Waals surface area contributed by atoms with Crippen molar-refractivity contribution >= 4 is 21.1 Å². The molecule has 0 radical (unpaired) electrons. The van der Waals surface area contributed by atoms with Gasteiger partial charge in [-0.25, -0.2) is 0 Å². The molecule has 6 heteroatoms. The summed E-state index contributed by atoms with van der Waals surface area (Å²) in [6, 6.07) is 9.74. The molecule has 2 aromatic rings. The van der Waals surface area contributed by atoms with Gasteiger partial charge < -0.3 is 0 Å². The Morgan fingerprint density at radius 1 is 1.24 bits per heavy atom. The third-order valence-corrected chi connectivity index (χ3v) is 5.79. The third-order valence-electron chi connectivity index (χ3n) is 3.86. The Kier molecular flexibility index (Phi) is 3.93. The normalized spacial score (nSPS) is 16.9. The summed E-state index contributed by atoms with van der Waals surface area (Å²) in [5.41, 5.74) is 1.90. The predicted molar refractivity (Wildman–Crippen MR) is 82.9 cm³/mol. The number of rotatable bonds is 4. The van der Waals surface area contributed by atoms with Gasteiger partial charge in [0.25, 0.3) is 10.2 Å². The maximum absolute atomic E-state index is 12.4. The molecule has 1 saturated heterocycles. The Balaban J connectivity index is 1.80. The second-order valence-electron chi connectivity index (χ2n) is 5.40. The fourth-order valence-corrected chi connectivity index (χ4v) is 4.10. The van der Waals surface area contributed by atoms with Gasteiger partial charge in [-0.05, 0) is 36.6 Å². The van der Waals surface area contributed by atoms with Gasteiger partial charge in [0.1, 0.15) is 0 Å². The minimum absolute atomic E-state index is 0.379. The molecule has 0 amide bonds. The van der Waals surface area contributed by atoms with Crippen molar-refractivity contribution in [1.29, 1.82) is 0 Å². The number of pyridine rings is 1. The Morgan fingerprint density at radius 2 is 2.00 bits per heavy atom. The van der Waals surface area contributed by atoms with E-state index in [0.29, 0.717) is 19.6 Å². The molecule has 0 N–H and O–H groups in total. The summed E-state index contributed by atoms with van der Waals surface area (Å²) in [6.07, 6.45) is 3.66. The van der Waals surface area contributed by atoms with Crippen LogP contribution >= 0.6 is 0 Å². The molecule has 1 fully saturated rings. The molecule has 0 saturated carbocycles. The van der Waals surface area contributed by atoms with Crippen LogP contribution in [0.15, 0.2) is 36.5 Å². The topological polar surface area (TPSA) is 53.5 Å². The Morgan fingerprint density at radius 3 is 2.76 bits per heavy atom. The fourth-order valence-electron chi connectivity index (χ4n) is 2.68. The van der Waals surface area contributed by atoms with Gasteiger partial charge in [0.05, 0.1) is 5.52 Å². The average Bonchev–Trinajstić information content (AvgIpc) is 3.02. The molecule has 3 rings (SSSR count). The molecule has 5 nitrogen and oxygen atoms in total. The number of nitrogens with zero attached hydrogens (tertiary/aromatic N) is 3. The van der Waals surface area contributed by atoms with E-state index in [-0.39, 0.29) is 0 Å². The van der Waals surface area contributed by atoms with Gasteiger partial charge in [-0.15, -0.1) is 0 Å². The summed E-state index contributed by atoms with van der Waals surface area (Å²) < 4.78 is 27.9. The van der Waals surface area contributed by atoms with E-state index in [2.05, 4.69) is 4.98 Å². The van der Waals surface area contributed by atoms with Crippen LogP contribution < -0.4 is 0 Å². The zero-order valence-electron chi connectivity index (χ0n) is 12.1. The number of fused-ring (bicyclic) bond motifs is 1. The summed E-state index contributed by atoms with van der Waals surface area (Å²) >= 11 is 0. The molecule has 112 valence electrons. The zero-order chi connectivity index (χ0) is 14.9. The highest BCUT2D eigenvalue weighted by molar-refractivity contribution is 7.86. The van der Waals surface area contributed by atoms with Crippen LogP contribution in [-0.2, 0) is 16.8 Å². The van der Waals surface area contributed by atoms with Crippen LogP contribution in [0.25, 0.3) is 10.9 Å². The van der Waals surface area contributed by atoms with Crippen LogP contribution in [0.1, 0.15) is 18.4 Å². The highest BCUT2D eigenvalue weighted by Crippen LogP contribution is 2.19. The van der Waals surface area contributed by atoms with Crippen LogP contribution in [0.2, 0.25) is 0 Å². The lowest BCUT2D eigenvalue weighted by Gasteiger charge is -2.23. The first-order valence-electron chi connectivity index (χ1n) is 7.12. The highest BCUT2D eigenvalue weighted by atomic mass is 32.2. The summed E-state index contributed by atoms with van der Waals surface area (Å²) in [6.45, 7) is 1.65. The van der Waals surface area contributed by atoms with Crippen molar-refractivity contribution in [3.63, 3.8) is 0 Å². The quantitative estimate of drug-likeness (QED) is 0.868. The maximum Gasteiger partial charge on any atom is 0.282 e. The van der Waals surface area contributed by atoms with Crippen LogP contribution in [0.5, 0.6) is 0 Å². The minimum atomic E-state index is -3.34. The molecule has 2 heterocycles. The molecule has 0 spiro atoms. The summed E-state index contributed by atoms with van der Waals surface area (Å²) in [4.78, 5) is 4.27. The molecular formula is C15H19N3O2S. The van der Waals surface area contributed by atoms with E-state index < -0.39 is 10.2 Å². The Hall–Kier alpha value is -1.50. The molecule has 1 aromatic carbocycles. The van der Waals surface area contributed by atoms with Crippen molar-refractivity contribution in [2.45, 2.75) is 19.4 Å². The highest BCUT2D eigenvalue weighted by Gasteiger charge is 2.29. The first kappa shape index (κ1) is 14.4. The first-order chi connectivity index (χ1) is 10.1. The van der Waals surface area contributed by atoms with E-state index >= 15 is 0 Å². The third kappa shape index (κ3) is 2.92. The fraction of sp³-hybridized carbons (Fsp3) is 0.400. The summed E-state index contributed by atoms with van der Waals surface area (Å²) in [5, 5.41) is 1.03. The second-order valence-corrected chi connectivity index (χ2v) is 7.44. The number of aromatic nitrogens is 1. The van der Waals surface area contributed by atoms with Gasteiger partial charge >= 0.3 is 0 Å². The molecule has 0 atom stereocenters. The van der Waals surface area contributed by atoms with Crippen molar-refractivity contribution < 1.29 is 8.42 Å². The van der Waals surface area contributed by atoms with E-state index in [1.807, 2.05) is 30.3 Å². The van der Waals surface area contributed by atoms with Crippen molar-refractivity contribution in [3.05, 3.63) is 42.1 Å². The molecule has 0 aliphatic carbocycles. The van der Waals surface area contributed by atoms with E-state index in [4.69, 9.17) is 0 Å². The lowest BCUT2D eigenvalue weighted by molar-refractivity contribution is 0.392. The first-order valence-corrected chi connectivity index (χ1v) is 8.52. The molecule has 1 aliphatic rings. The van der Waals surface area contributed by atoms with Gasteiger partial charge in [-0.1, -0.05) is 12.1 Å². The van der Waals surface area contributed by atoms with Crippen LogP contribution in [-0.4, -0.2) is 42.1 Å². The van der Waals surface area contributed by atoms with E-state index in [1.54, 1.807) is 17.5 Å². The van der Waals surface area contributed by atoms with Crippen molar-refractivity contribution in [1.82, 2.24) is 13.6 Å². The molecular weight excluding hydrogens is 286 g/mol. The van der Waals surface area contributed by atoms with Crippen LogP contribution in [0.4, 0.5) is 0 Å². The summed E-state index contributed by atoms with van der Waals surface area (Å²) in [5.74, 6) is 0. The molecule has 1 aromatic heterocycles. The maximum atomic E-state index is 12.4. The van der Waals surface area contributed by atoms with Crippen LogP contribution in [0.3, 0.4) is 0 Å². The Bertz CT molecular complexity index is 739. The van der Waals surface area contributed by atoms with Crippen molar-refractivity contribution in [3.8, 4) is 0 Å². The van der Waals surface area contributed by atoms with Gasteiger partial charge in [-0.2, -0.15) is 17.0 Å². The van der Waals surface area contributed by atoms with Gasteiger partial charge in [-0.3, -0.25) is 4.98 Å². The lowest BCUT2D eigenvalue weighted by atomic mass is 10.1. The van der Waals surface area contributed by atoms with Crippen molar-refractivity contribution in [2.24, 2.45) is 0 Å². The van der Waals surface area contributed by atoms with Gasteiger partial charge in [0, 0.05) is 38.3 Å². The van der Waals surface area contributed by atoms with Crippen LogP contribution in [0, 0.1) is 0 Å². The second kappa shape index (κ2) is 5.71.